The molecule has 2 fully saturated rings. The van der Waals surface area contributed by atoms with E-state index >= 15 is 0 Å². The largest absolute Gasteiger partial charge is 0.395 e. The molecule has 0 bridgehead atoms. The Balaban J connectivity index is 1.96. The Labute approximate surface area is 112 Å². The molecule has 0 amide bonds. The van der Waals surface area contributed by atoms with Gasteiger partial charge < -0.3 is 10.4 Å². The maximum absolute atomic E-state index is 9.21. The van der Waals surface area contributed by atoms with E-state index in [1.54, 1.807) is 0 Å². The van der Waals surface area contributed by atoms with E-state index in [0.29, 0.717) is 18.1 Å². The van der Waals surface area contributed by atoms with Gasteiger partial charge in [0, 0.05) is 25.2 Å². The molecule has 2 atom stereocenters. The average Bonchev–Trinajstić information content (AvgIpc) is 3.11. The molecule has 0 radical (unpaired) electrons. The van der Waals surface area contributed by atoms with Crippen molar-refractivity contribution in [3.8, 4) is 0 Å². The van der Waals surface area contributed by atoms with Crippen molar-refractivity contribution in [2.75, 3.05) is 26.7 Å². The van der Waals surface area contributed by atoms with Crippen LogP contribution in [-0.4, -0.2) is 48.8 Å². The normalized spacial score (nSPS) is 31.8. The number of hydrogen-bond acceptors (Lipinski definition) is 3. The summed E-state index contributed by atoms with van der Waals surface area (Å²) < 4.78 is 0. The lowest BCUT2D eigenvalue weighted by Gasteiger charge is -2.45. The summed E-state index contributed by atoms with van der Waals surface area (Å²) in [6, 6.07) is 1.38. The molecule has 0 heterocycles. The van der Waals surface area contributed by atoms with E-state index in [0.717, 1.165) is 18.5 Å². The second-order valence-electron chi connectivity index (χ2n) is 6.86. The molecule has 2 rings (SSSR count). The van der Waals surface area contributed by atoms with E-state index in [4.69, 9.17) is 0 Å². The first-order valence-corrected chi connectivity index (χ1v) is 7.60. The van der Waals surface area contributed by atoms with Gasteiger partial charge in [-0.05, 0) is 44.1 Å². The van der Waals surface area contributed by atoms with E-state index in [2.05, 4.69) is 31.1 Å². The molecular formula is C15H30N2O. The van der Waals surface area contributed by atoms with Crippen LogP contribution >= 0.6 is 0 Å². The highest BCUT2D eigenvalue weighted by Gasteiger charge is 2.40. The van der Waals surface area contributed by atoms with Gasteiger partial charge in [-0.3, -0.25) is 4.90 Å². The first-order valence-electron chi connectivity index (χ1n) is 7.60. The van der Waals surface area contributed by atoms with Gasteiger partial charge in [0.15, 0.2) is 0 Å². The van der Waals surface area contributed by atoms with Crippen LogP contribution < -0.4 is 5.32 Å². The Hall–Kier alpha value is -0.120. The Bertz CT molecular complexity index is 263. The lowest BCUT2D eigenvalue weighted by atomic mass is 9.68. The van der Waals surface area contributed by atoms with Gasteiger partial charge >= 0.3 is 0 Å². The van der Waals surface area contributed by atoms with Gasteiger partial charge in [0.25, 0.3) is 0 Å². The van der Waals surface area contributed by atoms with Gasteiger partial charge in [0.05, 0.1) is 6.61 Å². The summed E-state index contributed by atoms with van der Waals surface area (Å²) in [5.74, 6) is 0.742. The average molecular weight is 254 g/mol. The van der Waals surface area contributed by atoms with Gasteiger partial charge in [0.2, 0.25) is 0 Å². The molecule has 0 aromatic carbocycles. The molecule has 0 aromatic rings. The van der Waals surface area contributed by atoms with Crippen LogP contribution in [0.2, 0.25) is 0 Å². The number of aliphatic hydroxyl groups is 1. The predicted molar refractivity (Wildman–Crippen MR) is 75.7 cm³/mol. The van der Waals surface area contributed by atoms with Crippen LogP contribution in [0.3, 0.4) is 0 Å². The predicted octanol–water partition coefficient (Wildman–Crippen LogP) is 1.86. The van der Waals surface area contributed by atoms with E-state index in [-0.39, 0.29) is 0 Å². The molecule has 2 unspecified atom stereocenters. The van der Waals surface area contributed by atoms with Gasteiger partial charge in [0.1, 0.15) is 0 Å². The smallest absolute Gasteiger partial charge is 0.0558 e. The fourth-order valence-corrected chi connectivity index (χ4v) is 3.90. The Morgan fingerprint density at radius 2 is 2.00 bits per heavy atom. The molecule has 0 spiro atoms. The molecule has 106 valence electrons. The van der Waals surface area contributed by atoms with Crippen LogP contribution in [0.1, 0.15) is 46.0 Å². The van der Waals surface area contributed by atoms with Gasteiger partial charge in [-0.25, -0.2) is 0 Å². The molecule has 2 N–H and O–H groups in total. The lowest BCUT2D eigenvalue weighted by Crippen LogP contribution is -2.52. The highest BCUT2D eigenvalue weighted by Crippen LogP contribution is 2.40. The summed E-state index contributed by atoms with van der Waals surface area (Å²) in [4.78, 5) is 2.52. The molecule has 0 aliphatic heterocycles. The minimum Gasteiger partial charge on any atom is -0.395 e. The van der Waals surface area contributed by atoms with E-state index < -0.39 is 0 Å². The highest BCUT2D eigenvalue weighted by molar-refractivity contribution is 4.95. The van der Waals surface area contributed by atoms with Crippen molar-refractivity contribution in [1.29, 1.82) is 0 Å². The maximum Gasteiger partial charge on any atom is 0.0558 e. The van der Waals surface area contributed by atoms with Crippen LogP contribution in [0, 0.1) is 11.3 Å². The number of rotatable bonds is 6. The Morgan fingerprint density at radius 1 is 1.28 bits per heavy atom. The minimum atomic E-state index is 0.302. The monoisotopic (exact) mass is 254 g/mol. The minimum absolute atomic E-state index is 0.302. The van der Waals surface area contributed by atoms with E-state index in [1.807, 2.05) is 0 Å². The summed E-state index contributed by atoms with van der Waals surface area (Å²) >= 11 is 0. The third kappa shape index (κ3) is 3.25. The van der Waals surface area contributed by atoms with Crippen LogP contribution in [0.25, 0.3) is 0 Å². The van der Waals surface area contributed by atoms with Crippen molar-refractivity contribution in [3.05, 3.63) is 0 Å². The highest BCUT2D eigenvalue weighted by atomic mass is 16.3. The zero-order valence-corrected chi connectivity index (χ0v) is 12.3. The first-order chi connectivity index (χ1) is 8.58. The zero-order chi connectivity index (χ0) is 13.2. The van der Waals surface area contributed by atoms with Crippen LogP contribution in [0.4, 0.5) is 0 Å². The molecular weight excluding hydrogens is 224 g/mol. The van der Waals surface area contributed by atoms with Crippen molar-refractivity contribution in [1.82, 2.24) is 10.2 Å². The third-order valence-electron chi connectivity index (χ3n) is 4.94. The summed E-state index contributed by atoms with van der Waals surface area (Å²) in [5, 5.41) is 12.8. The standard InChI is InChI=1S/C15H30N2O/c1-15(2)8-4-5-12(14(15)16-3)11-17(9-10-18)13-6-7-13/h12-14,16,18H,4-11H2,1-3H3. The van der Waals surface area contributed by atoms with Crippen molar-refractivity contribution in [2.45, 2.75) is 58.0 Å². The molecule has 2 saturated carbocycles. The first kappa shape index (κ1) is 14.3. The fourth-order valence-electron chi connectivity index (χ4n) is 3.90. The molecule has 18 heavy (non-hydrogen) atoms. The third-order valence-corrected chi connectivity index (χ3v) is 4.94. The van der Waals surface area contributed by atoms with Crippen LogP contribution in [-0.2, 0) is 0 Å². The molecule has 0 saturated heterocycles. The number of hydrogen-bond donors (Lipinski definition) is 2. The van der Waals surface area contributed by atoms with Gasteiger partial charge in [-0.1, -0.05) is 20.3 Å². The van der Waals surface area contributed by atoms with Crippen molar-refractivity contribution < 1.29 is 5.11 Å². The summed E-state index contributed by atoms with van der Waals surface area (Å²) in [7, 11) is 2.11. The maximum atomic E-state index is 9.21. The van der Waals surface area contributed by atoms with Crippen molar-refractivity contribution >= 4 is 0 Å². The molecule has 2 aliphatic rings. The molecule has 3 nitrogen and oxygen atoms in total. The Morgan fingerprint density at radius 3 is 2.56 bits per heavy atom. The van der Waals surface area contributed by atoms with Gasteiger partial charge in [-0.15, -0.1) is 0 Å². The SMILES string of the molecule is CNC1C(CN(CCO)C2CC2)CCCC1(C)C. The summed E-state index contributed by atoms with van der Waals surface area (Å²) in [6.45, 7) is 7.12. The van der Waals surface area contributed by atoms with Gasteiger partial charge in [-0.2, -0.15) is 0 Å². The number of nitrogens with zero attached hydrogens (tertiary/aromatic N) is 1. The van der Waals surface area contributed by atoms with E-state index in [1.165, 1.54) is 38.6 Å². The fraction of sp³-hybridized carbons (Fsp3) is 1.00. The van der Waals surface area contributed by atoms with E-state index in [9.17, 15) is 5.11 Å². The second kappa shape index (κ2) is 5.89. The quantitative estimate of drug-likeness (QED) is 0.759. The van der Waals surface area contributed by atoms with Crippen LogP contribution in [0.5, 0.6) is 0 Å². The Kier molecular flexibility index (Phi) is 4.68. The molecule has 0 aromatic heterocycles. The second-order valence-corrected chi connectivity index (χ2v) is 6.86. The van der Waals surface area contributed by atoms with Crippen LogP contribution in [0.15, 0.2) is 0 Å². The van der Waals surface area contributed by atoms with Crippen molar-refractivity contribution in [2.24, 2.45) is 11.3 Å². The zero-order valence-electron chi connectivity index (χ0n) is 12.3. The lowest BCUT2D eigenvalue weighted by molar-refractivity contribution is 0.0742. The summed E-state index contributed by atoms with van der Waals surface area (Å²) in [5.41, 5.74) is 0.409. The van der Waals surface area contributed by atoms with Crippen molar-refractivity contribution in [3.63, 3.8) is 0 Å². The summed E-state index contributed by atoms with van der Waals surface area (Å²) in [6.07, 6.45) is 6.69. The number of nitrogens with one attached hydrogen (secondary N) is 1. The topological polar surface area (TPSA) is 35.5 Å². The molecule has 3 heteroatoms. The number of aliphatic hydroxyl groups excluding tert-OH is 1. The molecule has 2 aliphatic carbocycles.